The number of nitrogens with one attached hydrogen (secondary N) is 1. The molecule has 3 aromatic carbocycles. The Morgan fingerprint density at radius 1 is 1.11 bits per heavy atom. The lowest BCUT2D eigenvalue weighted by Crippen LogP contribution is -2.45. The van der Waals surface area contributed by atoms with Crippen LogP contribution >= 0.6 is 11.6 Å². The minimum absolute atomic E-state index is 0.0391. The SMILES string of the molecule is C[C@H]1[C@H](Oc2ccc(N(C)c3ccc(F)cc3)c(C=N)c2)c2ccc(Cl)cc2N1C(=O)C(F)(F)F. The Balaban J connectivity index is 1.66. The summed E-state index contributed by atoms with van der Waals surface area (Å²) in [5, 5.41) is 8.02. The van der Waals surface area contributed by atoms with Gasteiger partial charge in [0.25, 0.3) is 0 Å². The van der Waals surface area contributed by atoms with Crippen molar-refractivity contribution >= 4 is 40.8 Å². The van der Waals surface area contributed by atoms with E-state index in [1.54, 1.807) is 42.3 Å². The highest BCUT2D eigenvalue weighted by molar-refractivity contribution is 6.31. The fourth-order valence-electron chi connectivity index (χ4n) is 4.15. The molecule has 0 bridgehead atoms. The first-order chi connectivity index (χ1) is 16.5. The van der Waals surface area contributed by atoms with E-state index in [4.69, 9.17) is 21.7 Å². The molecule has 0 saturated carbocycles. The predicted octanol–water partition coefficient (Wildman–Crippen LogP) is 6.66. The maximum atomic E-state index is 13.3. The molecule has 1 aliphatic heterocycles. The van der Waals surface area contributed by atoms with Crippen LogP contribution < -0.4 is 14.5 Å². The highest BCUT2D eigenvalue weighted by atomic mass is 35.5. The van der Waals surface area contributed by atoms with Crippen molar-refractivity contribution in [2.45, 2.75) is 25.2 Å². The molecule has 1 aliphatic rings. The first-order valence-electron chi connectivity index (χ1n) is 10.5. The second-order valence-electron chi connectivity index (χ2n) is 8.06. The fourth-order valence-corrected chi connectivity index (χ4v) is 4.32. The lowest BCUT2D eigenvalue weighted by molar-refractivity contribution is -0.171. The smallest absolute Gasteiger partial charge is 0.471 e. The summed E-state index contributed by atoms with van der Waals surface area (Å²) in [6.45, 7) is 1.47. The van der Waals surface area contributed by atoms with Crippen LogP contribution in [0.4, 0.5) is 34.6 Å². The number of nitrogens with zero attached hydrogens (tertiary/aromatic N) is 2. The number of carbonyl (C=O) groups is 1. The molecule has 35 heavy (non-hydrogen) atoms. The molecular weight excluding hydrogens is 486 g/mol. The van der Waals surface area contributed by atoms with Gasteiger partial charge in [0.05, 0.1) is 11.7 Å². The fraction of sp³-hybridized carbons (Fsp3) is 0.200. The molecule has 0 aliphatic carbocycles. The normalized spacial score (nSPS) is 17.2. The Kier molecular flexibility index (Phi) is 6.46. The van der Waals surface area contributed by atoms with Crippen molar-refractivity contribution in [3.05, 3.63) is 82.6 Å². The number of fused-ring (bicyclic) bond motifs is 1. The summed E-state index contributed by atoms with van der Waals surface area (Å²) in [7, 11) is 1.76. The van der Waals surface area contributed by atoms with Gasteiger partial charge in [-0.2, -0.15) is 13.2 Å². The van der Waals surface area contributed by atoms with Gasteiger partial charge in [-0.15, -0.1) is 0 Å². The van der Waals surface area contributed by atoms with Crippen LogP contribution in [0.1, 0.15) is 24.2 Å². The second-order valence-corrected chi connectivity index (χ2v) is 8.49. The van der Waals surface area contributed by atoms with E-state index >= 15 is 0 Å². The average Bonchev–Trinajstić information content (AvgIpc) is 3.08. The molecule has 2 atom stereocenters. The van der Waals surface area contributed by atoms with Crippen molar-refractivity contribution in [3.63, 3.8) is 0 Å². The van der Waals surface area contributed by atoms with Gasteiger partial charge in [0, 0.05) is 40.8 Å². The molecule has 0 radical (unpaired) electrons. The van der Waals surface area contributed by atoms with Gasteiger partial charge in [0.15, 0.2) is 0 Å². The number of hydrogen-bond donors (Lipinski definition) is 1. The monoisotopic (exact) mass is 505 g/mol. The van der Waals surface area contributed by atoms with Crippen LogP contribution in [0.3, 0.4) is 0 Å². The molecule has 0 spiro atoms. The van der Waals surface area contributed by atoms with Gasteiger partial charge in [-0.25, -0.2) is 4.39 Å². The molecule has 0 fully saturated rings. The molecule has 0 aromatic heterocycles. The van der Waals surface area contributed by atoms with Crippen LogP contribution in [-0.2, 0) is 4.79 Å². The summed E-state index contributed by atoms with van der Waals surface area (Å²) in [5.74, 6) is -2.07. The Morgan fingerprint density at radius 3 is 2.43 bits per heavy atom. The maximum absolute atomic E-state index is 13.3. The summed E-state index contributed by atoms with van der Waals surface area (Å²) in [4.78, 5) is 14.6. The summed E-state index contributed by atoms with van der Waals surface area (Å²) < 4.78 is 59.2. The zero-order valence-electron chi connectivity index (χ0n) is 18.6. The molecule has 1 heterocycles. The van der Waals surface area contributed by atoms with E-state index in [1.165, 1.54) is 37.3 Å². The number of benzene rings is 3. The number of ether oxygens (including phenoxy) is 1. The highest BCUT2D eigenvalue weighted by Crippen LogP contribution is 2.45. The number of alkyl halides is 3. The van der Waals surface area contributed by atoms with E-state index in [0.29, 0.717) is 33.2 Å². The topological polar surface area (TPSA) is 56.6 Å². The van der Waals surface area contributed by atoms with Crippen molar-refractivity contribution in [1.82, 2.24) is 0 Å². The number of amides is 1. The second kappa shape index (κ2) is 9.22. The molecule has 10 heteroatoms. The van der Waals surface area contributed by atoms with E-state index in [2.05, 4.69) is 0 Å². The van der Waals surface area contributed by atoms with Crippen LogP contribution in [0.5, 0.6) is 5.75 Å². The van der Waals surface area contributed by atoms with Gasteiger partial charge in [0.2, 0.25) is 0 Å². The van der Waals surface area contributed by atoms with Crippen molar-refractivity contribution < 1.29 is 27.1 Å². The van der Waals surface area contributed by atoms with Crippen molar-refractivity contribution in [3.8, 4) is 5.75 Å². The molecule has 182 valence electrons. The first-order valence-corrected chi connectivity index (χ1v) is 10.9. The highest BCUT2D eigenvalue weighted by Gasteiger charge is 2.50. The minimum Gasteiger partial charge on any atom is -0.483 e. The van der Waals surface area contributed by atoms with Gasteiger partial charge in [-0.1, -0.05) is 17.7 Å². The predicted molar refractivity (Wildman–Crippen MR) is 127 cm³/mol. The Morgan fingerprint density at radius 2 is 1.80 bits per heavy atom. The number of hydrogen-bond acceptors (Lipinski definition) is 4. The standard InChI is InChI=1S/C25H20ClF4N3O2/c1-14-23(20-9-3-16(26)12-22(20)33(14)24(34)25(28,29)30)35-19-8-10-21(15(11-19)13-31)32(2)18-6-4-17(27)5-7-18/h3-14,23,31H,1-2H3/t14-,23-/m0/s1. The number of carbonyl (C=O) groups excluding carboxylic acids is 1. The Bertz CT molecular complexity index is 1280. The number of rotatable bonds is 5. The largest absolute Gasteiger partial charge is 0.483 e. The van der Waals surface area contributed by atoms with Gasteiger partial charge in [0.1, 0.15) is 17.7 Å². The summed E-state index contributed by atoms with van der Waals surface area (Å²) >= 11 is 6.00. The summed E-state index contributed by atoms with van der Waals surface area (Å²) in [6.07, 6.45) is -4.84. The van der Waals surface area contributed by atoms with Crippen molar-refractivity contribution in [1.29, 1.82) is 5.41 Å². The third kappa shape index (κ3) is 4.68. The number of anilines is 3. The summed E-state index contributed by atoms with van der Waals surface area (Å²) in [6, 6.07) is 14.2. The first kappa shape index (κ1) is 24.5. The summed E-state index contributed by atoms with van der Waals surface area (Å²) in [5.41, 5.74) is 2.24. The molecule has 0 unspecified atom stereocenters. The Labute approximate surface area is 204 Å². The molecule has 3 aromatic rings. The molecule has 0 saturated heterocycles. The lowest BCUT2D eigenvalue weighted by Gasteiger charge is -2.27. The van der Waals surface area contributed by atoms with Gasteiger partial charge in [-0.05, 0) is 61.5 Å². The molecule has 1 N–H and O–H groups in total. The van der Waals surface area contributed by atoms with E-state index in [1.807, 2.05) is 0 Å². The van der Waals surface area contributed by atoms with E-state index in [0.717, 1.165) is 6.21 Å². The van der Waals surface area contributed by atoms with Crippen molar-refractivity contribution in [2.24, 2.45) is 0 Å². The minimum atomic E-state index is -5.07. The van der Waals surface area contributed by atoms with E-state index in [-0.39, 0.29) is 16.5 Å². The van der Waals surface area contributed by atoms with Crippen LogP contribution in [0.25, 0.3) is 0 Å². The van der Waals surface area contributed by atoms with Crippen LogP contribution in [-0.4, -0.2) is 31.4 Å². The zero-order valence-corrected chi connectivity index (χ0v) is 19.4. The van der Waals surface area contributed by atoms with Crippen LogP contribution in [0.2, 0.25) is 5.02 Å². The zero-order chi connectivity index (χ0) is 25.5. The molecule has 4 rings (SSSR count). The number of halogens is 5. The van der Waals surface area contributed by atoms with Gasteiger partial charge >= 0.3 is 12.1 Å². The third-order valence-electron chi connectivity index (χ3n) is 5.86. The van der Waals surface area contributed by atoms with Crippen molar-refractivity contribution in [2.75, 3.05) is 16.8 Å². The maximum Gasteiger partial charge on any atom is 0.471 e. The molecule has 1 amide bonds. The molecule has 5 nitrogen and oxygen atoms in total. The van der Waals surface area contributed by atoms with Crippen LogP contribution in [0.15, 0.2) is 60.7 Å². The quantitative estimate of drug-likeness (QED) is 0.311. The molecular formula is C25H20ClF4N3O2. The van der Waals surface area contributed by atoms with Crippen LogP contribution in [0, 0.1) is 11.2 Å². The lowest BCUT2D eigenvalue weighted by atomic mass is 10.1. The van der Waals surface area contributed by atoms with Gasteiger partial charge in [-0.3, -0.25) is 9.69 Å². The van der Waals surface area contributed by atoms with E-state index in [9.17, 15) is 22.4 Å². The third-order valence-corrected chi connectivity index (χ3v) is 6.09. The Hall–Kier alpha value is -3.59. The van der Waals surface area contributed by atoms with E-state index < -0.39 is 24.2 Å². The average molecular weight is 506 g/mol. The van der Waals surface area contributed by atoms with Gasteiger partial charge < -0.3 is 15.0 Å².